The zero-order valence-corrected chi connectivity index (χ0v) is 26.6. The molecule has 1 aliphatic heterocycles. The van der Waals surface area contributed by atoms with Crippen molar-refractivity contribution in [2.75, 3.05) is 17.2 Å². The highest BCUT2D eigenvalue weighted by Crippen LogP contribution is 2.47. The fourth-order valence-corrected chi connectivity index (χ4v) is 6.02. The Balaban J connectivity index is 1.49. The van der Waals surface area contributed by atoms with Crippen molar-refractivity contribution in [2.24, 2.45) is 5.41 Å². The van der Waals surface area contributed by atoms with Gasteiger partial charge in [0.25, 0.3) is 18.4 Å². The smallest absolute Gasteiger partial charge is 0.262 e. The Morgan fingerprint density at radius 1 is 1.13 bits per heavy atom. The molecule has 6 rings (SSSR count). The first-order valence-corrected chi connectivity index (χ1v) is 15.4. The molecule has 2 aliphatic rings. The fourth-order valence-electron chi connectivity index (χ4n) is 5.76. The molecular formula is C33H33ClF4N8O. The van der Waals surface area contributed by atoms with Gasteiger partial charge in [0, 0.05) is 41.6 Å². The fraction of sp³-hybridized carbons (Fsp3) is 0.364. The van der Waals surface area contributed by atoms with Crippen LogP contribution in [-0.2, 0) is 6.54 Å². The van der Waals surface area contributed by atoms with Crippen LogP contribution < -0.4 is 27.2 Å². The normalized spacial score (nSPS) is 16.4. The van der Waals surface area contributed by atoms with E-state index in [1.54, 1.807) is 42.6 Å². The molecule has 0 amide bonds. The van der Waals surface area contributed by atoms with Gasteiger partial charge in [-0.1, -0.05) is 44.5 Å². The Kier molecular flexibility index (Phi) is 8.44. The number of hydrazine groups is 2. The zero-order chi connectivity index (χ0) is 33.7. The lowest BCUT2D eigenvalue weighted by molar-refractivity contribution is 0.00911. The Morgan fingerprint density at radius 2 is 1.89 bits per heavy atom. The second-order valence-corrected chi connectivity index (χ2v) is 13.5. The number of nitriles is 1. The van der Waals surface area contributed by atoms with E-state index in [1.807, 2.05) is 0 Å². The molecule has 4 aromatic rings. The number of nitrogens with zero attached hydrogens (tertiary/aromatic N) is 4. The minimum atomic E-state index is -2.71. The second-order valence-electron chi connectivity index (χ2n) is 13.1. The molecule has 0 bridgehead atoms. The van der Waals surface area contributed by atoms with Crippen molar-refractivity contribution in [3.05, 3.63) is 87.2 Å². The lowest BCUT2D eigenvalue weighted by atomic mass is 9.96. The number of hydrogen-bond acceptors (Lipinski definition) is 8. The van der Waals surface area contributed by atoms with Gasteiger partial charge in [-0.25, -0.2) is 17.6 Å². The quantitative estimate of drug-likeness (QED) is 0.135. The molecule has 47 heavy (non-hydrogen) atoms. The Labute approximate surface area is 273 Å². The molecule has 1 atom stereocenters. The molecule has 1 fully saturated rings. The van der Waals surface area contributed by atoms with E-state index in [1.165, 1.54) is 17.4 Å². The Hall–Kier alpha value is -4.54. The van der Waals surface area contributed by atoms with Crippen LogP contribution in [0.3, 0.4) is 0 Å². The lowest BCUT2D eigenvalue weighted by Gasteiger charge is -2.25. The number of halogens is 5. The number of benzene rings is 2. The highest BCUT2D eigenvalue weighted by molar-refractivity contribution is 6.35. The van der Waals surface area contributed by atoms with Gasteiger partial charge in [-0.2, -0.15) is 5.26 Å². The summed E-state index contributed by atoms with van der Waals surface area (Å²) in [6.45, 7) is 5.99. The van der Waals surface area contributed by atoms with Crippen molar-refractivity contribution in [3.63, 3.8) is 0 Å². The van der Waals surface area contributed by atoms with Gasteiger partial charge >= 0.3 is 0 Å². The van der Waals surface area contributed by atoms with E-state index in [4.69, 9.17) is 11.6 Å². The highest BCUT2D eigenvalue weighted by Gasteiger charge is 2.56. The first-order chi connectivity index (χ1) is 22.3. The predicted molar refractivity (Wildman–Crippen MR) is 174 cm³/mol. The number of aromatic nitrogens is 2. The number of hydrogen-bond donors (Lipinski definition) is 4. The molecule has 1 saturated carbocycles. The molecule has 246 valence electrons. The molecule has 4 N–H and O–H groups in total. The van der Waals surface area contributed by atoms with Gasteiger partial charge in [-0.15, -0.1) is 5.53 Å². The molecule has 0 saturated heterocycles. The van der Waals surface area contributed by atoms with Crippen molar-refractivity contribution >= 4 is 44.7 Å². The molecule has 0 spiro atoms. The Bertz CT molecular complexity index is 1980. The summed E-state index contributed by atoms with van der Waals surface area (Å²) < 4.78 is 55.4. The van der Waals surface area contributed by atoms with Crippen molar-refractivity contribution in [3.8, 4) is 6.07 Å². The third-order valence-corrected chi connectivity index (χ3v) is 8.69. The highest BCUT2D eigenvalue weighted by atomic mass is 35.5. The predicted octanol–water partition coefficient (Wildman–Crippen LogP) is 6.91. The minimum absolute atomic E-state index is 0.105. The maximum Gasteiger partial charge on any atom is 0.262 e. The van der Waals surface area contributed by atoms with Crippen LogP contribution in [0.5, 0.6) is 0 Å². The van der Waals surface area contributed by atoms with E-state index in [-0.39, 0.29) is 10.8 Å². The summed E-state index contributed by atoms with van der Waals surface area (Å²) in [5.74, 6) is 0. The van der Waals surface area contributed by atoms with Gasteiger partial charge in [-0.3, -0.25) is 14.8 Å². The standard InChI is InChI=1S/C33H33ClF4N8O/c1-32(2,3)17-41-27-18(13-39)14-40-28-23(27)11-19(12-24(28)34)42-29(25-15-46(44-43-25)33(8-9-33)31(37)38)21-5-4-6-22-20(21)7-10-45(30(22)47)16-26(35)36/h4-7,10-12,14-15,26,29,31,42-44H,8-9,16-17H2,1-3H3,(H,40,41)/t29-/m0/s1. The summed E-state index contributed by atoms with van der Waals surface area (Å²) in [6, 6.07) is 11.5. The average Bonchev–Trinajstić information content (AvgIpc) is 3.69. The average molecular weight is 669 g/mol. The summed E-state index contributed by atoms with van der Waals surface area (Å²) in [6.07, 6.45) is -0.337. The van der Waals surface area contributed by atoms with Gasteiger partial charge in [0.1, 0.15) is 11.6 Å². The van der Waals surface area contributed by atoms with E-state index in [2.05, 4.69) is 53.4 Å². The van der Waals surface area contributed by atoms with Crippen LogP contribution in [-0.4, -0.2) is 39.5 Å². The van der Waals surface area contributed by atoms with Crippen molar-refractivity contribution in [1.29, 1.82) is 5.26 Å². The molecule has 2 aromatic heterocycles. The molecule has 0 radical (unpaired) electrons. The van der Waals surface area contributed by atoms with Crippen LogP contribution in [0.2, 0.25) is 5.02 Å². The maximum absolute atomic E-state index is 14.0. The maximum atomic E-state index is 14.0. The van der Waals surface area contributed by atoms with Crippen LogP contribution in [0.15, 0.2) is 65.5 Å². The van der Waals surface area contributed by atoms with Crippen molar-refractivity contribution in [2.45, 2.75) is 64.6 Å². The second kappa shape index (κ2) is 12.2. The van der Waals surface area contributed by atoms with Crippen LogP contribution in [0.25, 0.3) is 21.7 Å². The van der Waals surface area contributed by atoms with E-state index in [0.717, 1.165) is 4.57 Å². The van der Waals surface area contributed by atoms with Gasteiger partial charge in [-0.05, 0) is 53.5 Å². The molecule has 1 aliphatic carbocycles. The van der Waals surface area contributed by atoms with E-state index in [0.29, 0.717) is 68.9 Å². The first kappa shape index (κ1) is 32.4. The number of rotatable bonds is 10. The summed E-state index contributed by atoms with van der Waals surface area (Å²) in [5.41, 5.74) is 6.79. The SMILES string of the molecule is CC(C)(C)CNc1c(C#N)cnc2c(Cl)cc(N[C@H](C3=CN(C4(C(F)F)CC4)NN3)c3cccc4c(=O)n(CC(F)F)ccc34)cc12. The molecule has 0 unspecified atom stereocenters. The van der Waals surface area contributed by atoms with E-state index in [9.17, 15) is 27.6 Å². The molecule has 2 aromatic carbocycles. The third kappa shape index (κ3) is 6.27. The zero-order valence-electron chi connectivity index (χ0n) is 25.8. The van der Waals surface area contributed by atoms with Crippen LogP contribution >= 0.6 is 11.6 Å². The van der Waals surface area contributed by atoms with Crippen LogP contribution in [0.1, 0.15) is 50.8 Å². The van der Waals surface area contributed by atoms with Gasteiger partial charge in [0.15, 0.2) is 0 Å². The summed E-state index contributed by atoms with van der Waals surface area (Å²) in [4.78, 5) is 17.7. The molecule has 9 nitrogen and oxygen atoms in total. The largest absolute Gasteiger partial charge is 0.383 e. The topological polar surface area (TPSA) is 110 Å². The summed E-state index contributed by atoms with van der Waals surface area (Å²) in [5, 5.41) is 19.7. The van der Waals surface area contributed by atoms with E-state index >= 15 is 0 Å². The minimum Gasteiger partial charge on any atom is -0.383 e. The van der Waals surface area contributed by atoms with Crippen molar-refractivity contribution in [1.82, 2.24) is 25.5 Å². The van der Waals surface area contributed by atoms with E-state index < -0.39 is 36.5 Å². The number of pyridine rings is 2. The monoisotopic (exact) mass is 668 g/mol. The number of fused-ring (bicyclic) bond motifs is 2. The van der Waals surface area contributed by atoms with Gasteiger partial charge in [0.05, 0.1) is 40.1 Å². The summed E-state index contributed by atoms with van der Waals surface area (Å²) >= 11 is 6.76. The third-order valence-electron chi connectivity index (χ3n) is 8.40. The van der Waals surface area contributed by atoms with Crippen molar-refractivity contribution < 1.29 is 17.6 Å². The summed E-state index contributed by atoms with van der Waals surface area (Å²) in [7, 11) is 0. The molecular weight excluding hydrogens is 636 g/mol. The number of nitrogens with one attached hydrogen (secondary N) is 4. The first-order valence-electron chi connectivity index (χ1n) is 15.1. The van der Waals surface area contributed by atoms with Gasteiger partial charge in [0.2, 0.25) is 0 Å². The Morgan fingerprint density at radius 3 is 2.55 bits per heavy atom. The van der Waals surface area contributed by atoms with Crippen LogP contribution in [0, 0.1) is 16.7 Å². The molecule has 3 heterocycles. The lowest BCUT2D eigenvalue weighted by Crippen LogP contribution is -2.48. The molecule has 14 heteroatoms. The number of alkyl halides is 4. The number of anilines is 2. The van der Waals surface area contributed by atoms with Crippen LogP contribution in [0.4, 0.5) is 28.9 Å². The van der Waals surface area contributed by atoms with Gasteiger partial charge < -0.3 is 20.6 Å².